The third-order valence-corrected chi connectivity index (χ3v) is 3.59. The second-order valence-corrected chi connectivity index (χ2v) is 5.35. The van der Waals surface area contributed by atoms with Crippen molar-refractivity contribution in [3.8, 4) is 0 Å². The van der Waals surface area contributed by atoms with Crippen LogP contribution in [0.5, 0.6) is 0 Å². The molecule has 0 unspecified atom stereocenters. The van der Waals surface area contributed by atoms with Crippen molar-refractivity contribution in [3.63, 3.8) is 0 Å². The summed E-state index contributed by atoms with van der Waals surface area (Å²) < 4.78 is 0. The molecular weight excluding hydrogens is 254 g/mol. The van der Waals surface area contributed by atoms with Gasteiger partial charge in [-0.1, -0.05) is 6.42 Å². The summed E-state index contributed by atoms with van der Waals surface area (Å²) in [7, 11) is 0. The van der Waals surface area contributed by atoms with Crippen LogP contribution in [-0.4, -0.2) is 17.5 Å². The average molecular weight is 272 g/mol. The Morgan fingerprint density at radius 1 is 1.24 bits per heavy atom. The van der Waals surface area contributed by atoms with E-state index in [1.165, 1.54) is 24.7 Å². The van der Waals surface area contributed by atoms with Crippen LogP contribution in [-0.2, 0) is 4.79 Å². The zero-order valence-electron chi connectivity index (χ0n) is 10.0. The van der Waals surface area contributed by atoms with Crippen LogP contribution in [0, 0.1) is 0 Å². The molecule has 1 aromatic rings. The Bertz CT molecular complexity index is 340. The number of alkyl halides is 1. The molecule has 4 heteroatoms. The van der Waals surface area contributed by atoms with Gasteiger partial charge in [0.15, 0.2) is 0 Å². The number of anilines is 1. The first-order valence-electron chi connectivity index (χ1n) is 5.79. The fourth-order valence-corrected chi connectivity index (χ4v) is 2.50. The summed E-state index contributed by atoms with van der Waals surface area (Å²) in [6, 6.07) is 7.94. The third-order valence-electron chi connectivity index (χ3n) is 2.22. The maximum Gasteiger partial charge on any atom is 0.221 e. The summed E-state index contributed by atoms with van der Waals surface area (Å²) in [6.45, 7) is 1.51. The zero-order chi connectivity index (χ0) is 12.5. The van der Waals surface area contributed by atoms with Gasteiger partial charge in [-0.3, -0.25) is 4.79 Å². The quantitative estimate of drug-likeness (QED) is 0.459. The number of hydrogen-bond acceptors (Lipinski definition) is 2. The molecule has 0 aliphatic carbocycles. The van der Waals surface area contributed by atoms with E-state index in [4.69, 9.17) is 11.6 Å². The minimum atomic E-state index is -0.0357. The van der Waals surface area contributed by atoms with Gasteiger partial charge in [-0.2, -0.15) is 0 Å². The highest BCUT2D eigenvalue weighted by atomic mass is 35.5. The van der Waals surface area contributed by atoms with Gasteiger partial charge in [0.05, 0.1) is 0 Å². The molecule has 1 rings (SSSR count). The predicted octanol–water partition coefficient (Wildman–Crippen LogP) is 4.15. The summed E-state index contributed by atoms with van der Waals surface area (Å²) in [5.74, 6) is 1.85. The number of halogens is 1. The van der Waals surface area contributed by atoms with E-state index in [-0.39, 0.29) is 5.91 Å². The Morgan fingerprint density at radius 3 is 2.53 bits per heavy atom. The number of unbranched alkanes of at least 4 members (excludes halogenated alkanes) is 2. The second kappa shape index (κ2) is 8.43. The van der Waals surface area contributed by atoms with Crippen LogP contribution in [0.1, 0.15) is 26.2 Å². The predicted molar refractivity (Wildman–Crippen MR) is 76.0 cm³/mol. The number of rotatable bonds is 7. The molecule has 0 bridgehead atoms. The summed E-state index contributed by atoms with van der Waals surface area (Å²) in [5, 5.41) is 2.75. The smallest absolute Gasteiger partial charge is 0.221 e. The van der Waals surface area contributed by atoms with Crippen LogP contribution < -0.4 is 5.32 Å². The largest absolute Gasteiger partial charge is 0.326 e. The van der Waals surface area contributed by atoms with Crippen molar-refractivity contribution in [2.24, 2.45) is 0 Å². The van der Waals surface area contributed by atoms with Gasteiger partial charge in [-0.15, -0.1) is 23.4 Å². The molecule has 0 fully saturated rings. The van der Waals surface area contributed by atoms with Gasteiger partial charge in [0.2, 0.25) is 5.91 Å². The van der Waals surface area contributed by atoms with E-state index in [9.17, 15) is 4.79 Å². The molecule has 17 heavy (non-hydrogen) atoms. The molecule has 1 aromatic carbocycles. The van der Waals surface area contributed by atoms with Crippen LogP contribution in [0.4, 0.5) is 5.69 Å². The van der Waals surface area contributed by atoms with E-state index in [1.807, 2.05) is 36.0 Å². The molecule has 0 heterocycles. The highest BCUT2D eigenvalue weighted by Gasteiger charge is 1.97. The van der Waals surface area contributed by atoms with Gasteiger partial charge in [0, 0.05) is 23.4 Å². The SMILES string of the molecule is CC(=O)Nc1ccc(SCCCCCCl)cc1. The molecule has 0 aliphatic heterocycles. The maximum absolute atomic E-state index is 10.8. The van der Waals surface area contributed by atoms with Gasteiger partial charge in [0.1, 0.15) is 0 Å². The lowest BCUT2D eigenvalue weighted by Gasteiger charge is -2.04. The lowest BCUT2D eigenvalue weighted by molar-refractivity contribution is -0.114. The van der Waals surface area contributed by atoms with E-state index < -0.39 is 0 Å². The zero-order valence-corrected chi connectivity index (χ0v) is 11.6. The summed E-state index contributed by atoms with van der Waals surface area (Å²) in [6.07, 6.45) is 3.49. The Kier molecular flexibility index (Phi) is 7.13. The molecule has 0 saturated heterocycles. The lowest BCUT2D eigenvalue weighted by Crippen LogP contribution is -2.05. The van der Waals surface area contributed by atoms with Gasteiger partial charge >= 0.3 is 0 Å². The van der Waals surface area contributed by atoms with Crippen molar-refractivity contribution < 1.29 is 4.79 Å². The lowest BCUT2D eigenvalue weighted by atomic mass is 10.3. The normalized spacial score (nSPS) is 10.2. The summed E-state index contributed by atoms with van der Waals surface area (Å²) >= 11 is 7.46. The Morgan fingerprint density at radius 2 is 1.94 bits per heavy atom. The van der Waals surface area contributed by atoms with E-state index in [0.29, 0.717) is 0 Å². The Balaban J connectivity index is 2.28. The first-order valence-corrected chi connectivity index (χ1v) is 7.31. The third kappa shape index (κ3) is 6.59. The minimum absolute atomic E-state index is 0.0357. The van der Waals surface area contributed by atoms with Crippen LogP contribution in [0.15, 0.2) is 29.2 Å². The maximum atomic E-state index is 10.8. The van der Waals surface area contributed by atoms with Crippen LogP contribution in [0.3, 0.4) is 0 Å². The molecule has 0 saturated carbocycles. The van der Waals surface area contributed by atoms with Gasteiger partial charge in [-0.25, -0.2) is 0 Å². The monoisotopic (exact) mass is 271 g/mol. The molecule has 0 aliphatic rings. The molecule has 94 valence electrons. The van der Waals surface area contributed by atoms with Crippen molar-refractivity contribution in [2.45, 2.75) is 31.1 Å². The summed E-state index contributed by atoms with van der Waals surface area (Å²) in [5.41, 5.74) is 0.851. The molecule has 0 atom stereocenters. The van der Waals surface area contributed by atoms with Crippen molar-refractivity contribution >= 4 is 35.0 Å². The Labute approximate surface area is 112 Å². The van der Waals surface area contributed by atoms with Crippen molar-refractivity contribution in [2.75, 3.05) is 16.9 Å². The average Bonchev–Trinajstić information content (AvgIpc) is 2.30. The van der Waals surface area contributed by atoms with Crippen molar-refractivity contribution in [1.82, 2.24) is 0 Å². The number of thioether (sulfide) groups is 1. The van der Waals surface area contributed by atoms with Gasteiger partial charge in [0.25, 0.3) is 0 Å². The van der Waals surface area contributed by atoms with Crippen LogP contribution in [0.2, 0.25) is 0 Å². The number of hydrogen-bond donors (Lipinski definition) is 1. The second-order valence-electron chi connectivity index (χ2n) is 3.80. The number of carbonyl (C=O) groups excluding carboxylic acids is 1. The fourth-order valence-electron chi connectivity index (χ4n) is 1.40. The molecule has 0 spiro atoms. The van der Waals surface area contributed by atoms with E-state index in [1.54, 1.807) is 0 Å². The number of nitrogens with one attached hydrogen (secondary N) is 1. The topological polar surface area (TPSA) is 29.1 Å². The number of carbonyl (C=O) groups is 1. The van der Waals surface area contributed by atoms with Crippen LogP contribution in [0.25, 0.3) is 0 Å². The first kappa shape index (κ1) is 14.4. The number of amides is 1. The molecule has 1 N–H and O–H groups in total. The van der Waals surface area contributed by atoms with Crippen molar-refractivity contribution in [1.29, 1.82) is 0 Å². The molecule has 0 aromatic heterocycles. The summed E-state index contributed by atoms with van der Waals surface area (Å²) in [4.78, 5) is 12.1. The standard InChI is InChI=1S/C13H18ClNOS/c1-11(16)15-12-5-7-13(8-6-12)17-10-4-2-3-9-14/h5-8H,2-4,9-10H2,1H3,(H,15,16). The van der Waals surface area contributed by atoms with Gasteiger partial charge < -0.3 is 5.32 Å². The van der Waals surface area contributed by atoms with Crippen molar-refractivity contribution in [3.05, 3.63) is 24.3 Å². The minimum Gasteiger partial charge on any atom is -0.326 e. The van der Waals surface area contributed by atoms with Gasteiger partial charge in [-0.05, 0) is 42.9 Å². The number of benzene rings is 1. The first-order chi connectivity index (χ1) is 8.22. The van der Waals surface area contributed by atoms with E-state index >= 15 is 0 Å². The Hall–Kier alpha value is -0.670. The molecule has 2 nitrogen and oxygen atoms in total. The molecule has 0 radical (unpaired) electrons. The highest BCUT2D eigenvalue weighted by Crippen LogP contribution is 2.21. The fraction of sp³-hybridized carbons (Fsp3) is 0.462. The molecule has 1 amide bonds. The molecular formula is C13H18ClNOS. The van der Waals surface area contributed by atoms with E-state index in [2.05, 4.69) is 5.32 Å². The van der Waals surface area contributed by atoms with Crippen LogP contribution >= 0.6 is 23.4 Å². The van der Waals surface area contributed by atoms with E-state index in [0.717, 1.165) is 23.7 Å². The highest BCUT2D eigenvalue weighted by molar-refractivity contribution is 7.99.